The third-order valence-corrected chi connectivity index (χ3v) is 6.46. The number of rotatable bonds is 4. The maximum absolute atomic E-state index is 12.3. The number of pyridine rings is 1. The summed E-state index contributed by atoms with van der Waals surface area (Å²) in [5.74, 6) is 0.153. The number of aromatic nitrogens is 1. The van der Waals surface area contributed by atoms with Crippen molar-refractivity contribution in [1.29, 1.82) is 0 Å². The second-order valence-corrected chi connectivity index (χ2v) is 10.1. The van der Waals surface area contributed by atoms with Gasteiger partial charge in [0, 0.05) is 0 Å². The molecule has 2 unspecified atom stereocenters. The Morgan fingerprint density at radius 1 is 1.18 bits per heavy atom. The fraction of sp³-hybridized carbons (Fsp3) is 0.150. The molecule has 0 radical (unpaired) electrons. The van der Waals surface area contributed by atoms with Crippen LogP contribution in [0.3, 0.4) is 0 Å². The summed E-state index contributed by atoms with van der Waals surface area (Å²) in [4.78, 5) is 15.2. The van der Waals surface area contributed by atoms with Gasteiger partial charge in [0.1, 0.15) is 0 Å². The van der Waals surface area contributed by atoms with Gasteiger partial charge in [0.05, 0.1) is 0 Å². The number of hydrogen-bond donors (Lipinski definition) is 3. The molecule has 2 heterocycles. The van der Waals surface area contributed by atoms with Gasteiger partial charge in [-0.3, -0.25) is 4.79 Å². The first kappa shape index (κ1) is 18.9. The zero-order valence-electron chi connectivity index (χ0n) is 15.5. The van der Waals surface area contributed by atoms with E-state index in [4.69, 9.17) is 0 Å². The molecule has 0 fully saturated rings. The van der Waals surface area contributed by atoms with Crippen LogP contribution < -0.4 is 10.3 Å². The van der Waals surface area contributed by atoms with E-state index in [1.807, 2.05) is 42.6 Å². The molecule has 2 aromatic heterocycles. The first-order chi connectivity index (χ1) is 13.2. The topological polar surface area (TPSA) is 82.2 Å². The molecule has 0 amide bonds. The van der Waals surface area contributed by atoms with Gasteiger partial charge in [0.2, 0.25) is 0 Å². The van der Waals surface area contributed by atoms with Gasteiger partial charge in [-0.05, 0) is 0 Å². The number of phenolic OH excluding ortho intramolecular Hbond substituents is 1. The van der Waals surface area contributed by atoms with Crippen molar-refractivity contribution in [1.82, 2.24) is 9.71 Å². The number of aromatic amines is 1. The van der Waals surface area contributed by atoms with Crippen LogP contribution in [0.4, 0.5) is 0 Å². The fourth-order valence-electron chi connectivity index (χ4n) is 3.51. The van der Waals surface area contributed by atoms with Gasteiger partial charge in [-0.25, -0.2) is 0 Å². The van der Waals surface area contributed by atoms with Crippen molar-refractivity contribution in [3.63, 3.8) is 0 Å². The number of hydrogen-bond acceptors (Lipinski definition) is 4. The second-order valence-electron chi connectivity index (χ2n) is 6.97. The Morgan fingerprint density at radius 2 is 1.89 bits per heavy atom. The van der Waals surface area contributed by atoms with Crippen molar-refractivity contribution >= 4 is 48.6 Å². The van der Waals surface area contributed by atoms with Crippen LogP contribution in [0.25, 0.3) is 32.1 Å². The fourth-order valence-corrected chi connectivity index (χ4v) is 5.19. The number of nitrogens with one attached hydrogen (secondary N) is 2. The van der Waals surface area contributed by atoms with Crippen molar-refractivity contribution in [3.05, 3.63) is 63.8 Å². The first-order valence-corrected chi connectivity index (χ1v) is 11.7. The van der Waals surface area contributed by atoms with E-state index in [2.05, 4.69) is 16.4 Å². The van der Waals surface area contributed by atoms with Crippen LogP contribution in [0.2, 0.25) is 0 Å². The molecule has 2 atom stereocenters. The Labute approximate surface area is 167 Å². The number of fused-ring (bicyclic) bond motifs is 3. The maximum atomic E-state index is 12.3. The molecule has 3 N–H and O–H groups in total. The summed E-state index contributed by atoms with van der Waals surface area (Å²) >= 11 is 1.38. The molecular weight excluding hydrogens is 391 g/mol. The Morgan fingerprint density at radius 3 is 2.57 bits per heavy atom. The predicted octanol–water partition coefficient (Wildman–Crippen LogP) is 3.41. The molecule has 8 heteroatoms. The molecule has 0 saturated carbocycles. The predicted molar refractivity (Wildman–Crippen MR) is 120 cm³/mol. The number of benzene rings is 2. The molecular formula is C20H19BN2O3S2. The van der Waals surface area contributed by atoms with Crippen LogP contribution in [0.15, 0.2) is 52.6 Å². The average molecular weight is 410 g/mol. The summed E-state index contributed by atoms with van der Waals surface area (Å²) in [5.41, 5.74) is 3.05. The standard InChI is InChI=1S/C20H19BN2O3S2/c1-11(23-28(2,21)26)12-3-5-13(6-4-12)17-16(24)8-7-15-18(17)14-9-10-27-19(14)20(25)22-15/h3-11,21,24H,1-2H3,(H,22,25)(H,23,26). The van der Waals surface area contributed by atoms with E-state index < -0.39 is 9.55 Å². The third kappa shape index (κ3) is 3.39. The summed E-state index contributed by atoms with van der Waals surface area (Å²) < 4.78 is 15.5. The summed E-state index contributed by atoms with van der Waals surface area (Å²) in [6, 6.07) is 12.8. The first-order valence-electron chi connectivity index (χ1n) is 8.69. The number of thiophene rings is 1. The molecule has 0 saturated heterocycles. The van der Waals surface area contributed by atoms with E-state index in [0.29, 0.717) is 15.8 Å². The van der Waals surface area contributed by atoms with Gasteiger partial charge in [-0.1, -0.05) is 0 Å². The molecule has 28 heavy (non-hydrogen) atoms. The van der Waals surface area contributed by atoms with E-state index in [1.54, 1.807) is 18.4 Å². The SMILES string of the molecule is B=S(C)(=O)NC(C)c1ccc(-c2c(O)ccc3[nH]c(=O)c4sccc4c23)cc1. The monoisotopic (exact) mass is 410 g/mol. The quantitative estimate of drug-likeness (QED) is 0.451. The summed E-state index contributed by atoms with van der Waals surface area (Å²) in [7, 11) is -2.31. The van der Waals surface area contributed by atoms with Crippen molar-refractivity contribution in [2.45, 2.75) is 13.0 Å². The van der Waals surface area contributed by atoms with Gasteiger partial charge < -0.3 is 0 Å². The van der Waals surface area contributed by atoms with E-state index in [0.717, 1.165) is 21.9 Å². The molecule has 0 spiro atoms. The van der Waals surface area contributed by atoms with Crippen LogP contribution in [-0.4, -0.2) is 27.3 Å². The van der Waals surface area contributed by atoms with Gasteiger partial charge in [0.15, 0.2) is 0 Å². The van der Waals surface area contributed by atoms with E-state index in [1.165, 1.54) is 11.3 Å². The number of phenols is 1. The zero-order chi connectivity index (χ0) is 20.1. The van der Waals surface area contributed by atoms with Crippen LogP contribution in [0.1, 0.15) is 18.5 Å². The molecule has 0 aliphatic rings. The molecule has 0 aliphatic heterocycles. The van der Waals surface area contributed by atoms with Crippen molar-refractivity contribution in [2.24, 2.45) is 0 Å². The van der Waals surface area contributed by atoms with Crippen molar-refractivity contribution in [3.8, 4) is 16.9 Å². The van der Waals surface area contributed by atoms with Crippen LogP contribution in [-0.2, 0) is 9.55 Å². The minimum atomic E-state index is -2.31. The summed E-state index contributed by atoms with van der Waals surface area (Å²) in [6.07, 6.45) is 1.57. The summed E-state index contributed by atoms with van der Waals surface area (Å²) in [6.45, 7) is 5.56. The molecule has 0 bridgehead atoms. The van der Waals surface area contributed by atoms with Crippen LogP contribution in [0, 0.1) is 0 Å². The Balaban J connectivity index is 1.89. The number of aromatic hydroxyl groups is 1. The zero-order valence-corrected chi connectivity index (χ0v) is 17.1. The van der Waals surface area contributed by atoms with Gasteiger partial charge in [-0.2, -0.15) is 0 Å². The molecule has 0 aliphatic carbocycles. The molecule has 5 nitrogen and oxygen atoms in total. The Kier molecular flexibility index (Phi) is 4.65. The van der Waals surface area contributed by atoms with E-state index in [-0.39, 0.29) is 17.4 Å². The van der Waals surface area contributed by atoms with E-state index >= 15 is 0 Å². The third-order valence-electron chi connectivity index (χ3n) is 4.70. The Bertz CT molecular complexity index is 1360. The summed E-state index contributed by atoms with van der Waals surface area (Å²) in [5, 5.41) is 14.1. The van der Waals surface area contributed by atoms with Crippen molar-refractivity contribution in [2.75, 3.05) is 6.26 Å². The molecule has 142 valence electrons. The minimum absolute atomic E-state index is 0.120. The van der Waals surface area contributed by atoms with Gasteiger partial charge in [0.25, 0.3) is 0 Å². The molecule has 4 rings (SSSR count). The Hall–Kier alpha value is -2.42. The van der Waals surface area contributed by atoms with Crippen LogP contribution >= 0.6 is 11.3 Å². The van der Waals surface area contributed by atoms with Crippen molar-refractivity contribution < 1.29 is 9.32 Å². The molecule has 4 aromatic rings. The van der Waals surface area contributed by atoms with Gasteiger partial charge in [-0.15, -0.1) is 0 Å². The normalized spacial score (nSPS) is 14.9. The average Bonchev–Trinajstić information content (AvgIpc) is 3.11. The second kappa shape index (κ2) is 6.88. The molecule has 2 aromatic carbocycles. The van der Waals surface area contributed by atoms with E-state index in [9.17, 15) is 14.1 Å². The number of H-pyrrole nitrogens is 1. The van der Waals surface area contributed by atoms with Gasteiger partial charge >= 0.3 is 163 Å². The van der Waals surface area contributed by atoms with Crippen LogP contribution in [0.5, 0.6) is 5.75 Å².